The van der Waals surface area contributed by atoms with E-state index >= 15 is 0 Å². The van der Waals surface area contributed by atoms with Gasteiger partial charge in [0.2, 0.25) is 0 Å². The molecule has 1 aliphatic heterocycles. The Hall–Kier alpha value is -0.980. The maximum absolute atomic E-state index is 12.1. The summed E-state index contributed by atoms with van der Waals surface area (Å²) in [5, 5.41) is 0. The number of benzene rings is 1. The second kappa shape index (κ2) is 6.42. The first-order valence-electron chi connectivity index (χ1n) is 7.25. The van der Waals surface area contributed by atoms with E-state index < -0.39 is 5.60 Å². The van der Waals surface area contributed by atoms with Gasteiger partial charge in [0, 0.05) is 35.4 Å². The summed E-state index contributed by atoms with van der Waals surface area (Å²) in [5.41, 5.74) is 2.12. The zero-order valence-corrected chi connectivity index (χ0v) is 15.3. The van der Waals surface area contributed by atoms with Gasteiger partial charge in [0.1, 0.15) is 5.60 Å². The number of anilines is 1. The average molecular weight is 402 g/mol. The highest BCUT2D eigenvalue weighted by atomic mass is 127. The standard InChI is InChI=1S/C16H23IN2O2/c1-12-11-13(17)5-6-14(12)18-7-9-19(10-8-18)15(20)21-16(2,3)4/h5-6,11H,7-10H2,1-4H3. The van der Waals surface area contributed by atoms with E-state index in [0.717, 1.165) is 13.1 Å². The fraction of sp³-hybridized carbons (Fsp3) is 0.562. The van der Waals surface area contributed by atoms with E-state index in [-0.39, 0.29) is 6.09 Å². The molecule has 0 saturated carbocycles. The van der Waals surface area contributed by atoms with E-state index in [2.05, 4.69) is 52.6 Å². The number of rotatable bonds is 1. The second-order valence-electron chi connectivity index (χ2n) is 6.39. The van der Waals surface area contributed by atoms with E-state index in [9.17, 15) is 4.79 Å². The molecule has 1 aromatic rings. The number of piperazine rings is 1. The van der Waals surface area contributed by atoms with Crippen LogP contribution in [0.15, 0.2) is 18.2 Å². The van der Waals surface area contributed by atoms with Crippen LogP contribution in [0.25, 0.3) is 0 Å². The molecule has 0 aromatic heterocycles. The number of hydrogen-bond donors (Lipinski definition) is 0. The van der Waals surface area contributed by atoms with Crippen LogP contribution in [0.5, 0.6) is 0 Å². The van der Waals surface area contributed by atoms with Gasteiger partial charge in [0.25, 0.3) is 0 Å². The lowest BCUT2D eigenvalue weighted by Gasteiger charge is -2.37. The van der Waals surface area contributed by atoms with E-state index in [1.165, 1.54) is 14.8 Å². The van der Waals surface area contributed by atoms with Crippen molar-refractivity contribution >= 4 is 34.4 Å². The third-order valence-corrected chi connectivity index (χ3v) is 4.10. The Balaban J connectivity index is 1.95. The Labute approximate surface area is 140 Å². The fourth-order valence-electron chi connectivity index (χ4n) is 2.43. The van der Waals surface area contributed by atoms with Gasteiger partial charge in [-0.2, -0.15) is 0 Å². The van der Waals surface area contributed by atoms with Crippen molar-refractivity contribution in [3.63, 3.8) is 0 Å². The SMILES string of the molecule is Cc1cc(I)ccc1N1CCN(C(=O)OC(C)(C)C)CC1. The minimum atomic E-state index is -0.430. The molecule has 1 heterocycles. The van der Waals surface area contributed by atoms with Gasteiger partial charge < -0.3 is 14.5 Å². The molecule has 116 valence electrons. The van der Waals surface area contributed by atoms with Crippen molar-refractivity contribution in [1.29, 1.82) is 0 Å². The minimum absolute atomic E-state index is 0.207. The molecular weight excluding hydrogens is 379 g/mol. The molecule has 1 fully saturated rings. The topological polar surface area (TPSA) is 32.8 Å². The lowest BCUT2D eigenvalue weighted by molar-refractivity contribution is 0.0240. The fourth-order valence-corrected chi connectivity index (χ4v) is 3.08. The Morgan fingerprint density at radius 3 is 2.33 bits per heavy atom. The van der Waals surface area contributed by atoms with Crippen molar-refractivity contribution in [2.75, 3.05) is 31.1 Å². The van der Waals surface area contributed by atoms with E-state index in [4.69, 9.17) is 4.74 Å². The number of nitrogens with zero attached hydrogens (tertiary/aromatic N) is 2. The van der Waals surface area contributed by atoms with Gasteiger partial charge >= 0.3 is 6.09 Å². The highest BCUT2D eigenvalue weighted by Crippen LogP contribution is 2.23. The summed E-state index contributed by atoms with van der Waals surface area (Å²) in [7, 11) is 0. The summed E-state index contributed by atoms with van der Waals surface area (Å²) in [4.78, 5) is 16.2. The molecule has 0 bridgehead atoms. The molecule has 1 aliphatic rings. The van der Waals surface area contributed by atoms with E-state index in [0.29, 0.717) is 13.1 Å². The first-order chi connectivity index (χ1) is 9.76. The van der Waals surface area contributed by atoms with Crippen LogP contribution in [0, 0.1) is 10.5 Å². The normalized spacial score (nSPS) is 16.0. The van der Waals surface area contributed by atoms with Gasteiger partial charge in [-0.15, -0.1) is 0 Å². The number of carbonyl (C=O) groups excluding carboxylic acids is 1. The number of carbonyl (C=O) groups is 1. The molecule has 0 radical (unpaired) electrons. The first kappa shape index (κ1) is 16.4. The third-order valence-electron chi connectivity index (χ3n) is 3.43. The van der Waals surface area contributed by atoms with Gasteiger partial charge in [-0.3, -0.25) is 0 Å². The van der Waals surface area contributed by atoms with Crippen LogP contribution in [0.3, 0.4) is 0 Å². The lowest BCUT2D eigenvalue weighted by Crippen LogP contribution is -2.50. The van der Waals surface area contributed by atoms with Gasteiger partial charge in [0.05, 0.1) is 0 Å². The van der Waals surface area contributed by atoms with Crippen LogP contribution in [-0.2, 0) is 4.74 Å². The largest absolute Gasteiger partial charge is 0.444 e. The molecule has 5 heteroatoms. The zero-order valence-electron chi connectivity index (χ0n) is 13.1. The molecule has 0 atom stereocenters. The lowest BCUT2D eigenvalue weighted by atomic mass is 10.1. The highest BCUT2D eigenvalue weighted by molar-refractivity contribution is 14.1. The Morgan fingerprint density at radius 1 is 1.19 bits per heavy atom. The van der Waals surface area contributed by atoms with Crippen molar-refractivity contribution in [2.24, 2.45) is 0 Å². The van der Waals surface area contributed by atoms with E-state index in [1.54, 1.807) is 4.90 Å². The molecule has 0 spiro atoms. The van der Waals surface area contributed by atoms with Gasteiger partial charge in [-0.05, 0) is 74.0 Å². The molecule has 21 heavy (non-hydrogen) atoms. The highest BCUT2D eigenvalue weighted by Gasteiger charge is 2.26. The van der Waals surface area contributed by atoms with Crippen LogP contribution in [-0.4, -0.2) is 42.8 Å². The molecule has 4 nitrogen and oxygen atoms in total. The first-order valence-corrected chi connectivity index (χ1v) is 8.33. The second-order valence-corrected chi connectivity index (χ2v) is 7.63. The van der Waals surface area contributed by atoms with Crippen LogP contribution >= 0.6 is 22.6 Å². The molecule has 2 rings (SSSR count). The summed E-state index contributed by atoms with van der Waals surface area (Å²) < 4.78 is 6.68. The third kappa shape index (κ3) is 4.49. The van der Waals surface area contributed by atoms with Crippen LogP contribution in [0.4, 0.5) is 10.5 Å². The maximum atomic E-state index is 12.1. The van der Waals surface area contributed by atoms with Crippen molar-refractivity contribution in [2.45, 2.75) is 33.3 Å². The van der Waals surface area contributed by atoms with Crippen molar-refractivity contribution < 1.29 is 9.53 Å². The summed E-state index contributed by atoms with van der Waals surface area (Å²) >= 11 is 2.33. The number of hydrogen-bond acceptors (Lipinski definition) is 3. The average Bonchev–Trinajstić information content (AvgIpc) is 2.37. The van der Waals surface area contributed by atoms with E-state index in [1.807, 2.05) is 20.8 Å². The van der Waals surface area contributed by atoms with Crippen molar-refractivity contribution in [3.05, 3.63) is 27.3 Å². The van der Waals surface area contributed by atoms with Gasteiger partial charge in [0.15, 0.2) is 0 Å². The van der Waals surface area contributed by atoms with Gasteiger partial charge in [-0.1, -0.05) is 0 Å². The van der Waals surface area contributed by atoms with Crippen LogP contribution in [0.1, 0.15) is 26.3 Å². The minimum Gasteiger partial charge on any atom is -0.444 e. The molecule has 1 saturated heterocycles. The Bertz CT molecular complexity index is 517. The van der Waals surface area contributed by atoms with Crippen LogP contribution in [0.2, 0.25) is 0 Å². The monoisotopic (exact) mass is 402 g/mol. The summed E-state index contributed by atoms with van der Waals surface area (Å²) in [5.74, 6) is 0. The predicted molar refractivity (Wildman–Crippen MR) is 93.9 cm³/mol. The molecular formula is C16H23IN2O2. The Kier molecular flexibility index (Phi) is 5.01. The van der Waals surface area contributed by atoms with Gasteiger partial charge in [-0.25, -0.2) is 4.79 Å². The van der Waals surface area contributed by atoms with Crippen LogP contribution < -0.4 is 4.90 Å². The predicted octanol–water partition coefficient (Wildman–Crippen LogP) is 3.66. The zero-order chi connectivity index (χ0) is 15.6. The number of amides is 1. The quantitative estimate of drug-likeness (QED) is 0.673. The smallest absolute Gasteiger partial charge is 0.410 e. The molecule has 0 aliphatic carbocycles. The summed E-state index contributed by atoms with van der Waals surface area (Å²) in [6.45, 7) is 10.9. The molecule has 0 N–H and O–H groups in total. The number of aryl methyl sites for hydroxylation is 1. The Morgan fingerprint density at radius 2 is 1.81 bits per heavy atom. The van der Waals surface area contributed by atoms with Crippen molar-refractivity contribution in [3.8, 4) is 0 Å². The molecule has 0 unspecified atom stereocenters. The van der Waals surface area contributed by atoms with Crippen molar-refractivity contribution in [1.82, 2.24) is 4.90 Å². The number of ether oxygens (including phenoxy) is 1. The summed E-state index contributed by atoms with van der Waals surface area (Å²) in [6, 6.07) is 6.49. The maximum Gasteiger partial charge on any atom is 0.410 e. The summed E-state index contributed by atoms with van der Waals surface area (Å²) in [6.07, 6.45) is -0.207. The number of halogens is 1. The molecule has 1 amide bonds. The molecule has 1 aromatic carbocycles.